The molecule has 0 aliphatic rings. The van der Waals surface area contributed by atoms with Gasteiger partial charge in [-0.2, -0.15) is 0 Å². The normalized spacial score (nSPS) is 14.3. The predicted molar refractivity (Wildman–Crippen MR) is 153 cm³/mol. The molecule has 0 fully saturated rings. The van der Waals surface area contributed by atoms with Crippen LogP contribution in [0.15, 0.2) is 59.2 Å². The molecule has 0 aliphatic heterocycles. The van der Waals surface area contributed by atoms with Crippen LogP contribution in [0.5, 0.6) is 0 Å². The number of esters is 1. The number of carbonyl (C=O) groups is 2. The maximum atomic E-state index is 13.4. The summed E-state index contributed by atoms with van der Waals surface area (Å²) < 4.78 is 20.4. The summed E-state index contributed by atoms with van der Waals surface area (Å²) in [6, 6.07) is 15.2. The second-order valence-electron chi connectivity index (χ2n) is 11.8. The van der Waals surface area contributed by atoms with Gasteiger partial charge in [0.2, 0.25) is 0 Å². The maximum Gasteiger partial charge on any atom is 0.419 e. The summed E-state index contributed by atoms with van der Waals surface area (Å²) in [7, 11) is -1.02. The van der Waals surface area contributed by atoms with Crippen LogP contribution < -0.4 is 0 Å². The molecule has 6 nitrogen and oxygen atoms in total. The van der Waals surface area contributed by atoms with Crippen molar-refractivity contribution < 1.29 is 23.5 Å². The molecule has 2 aromatic carbocycles. The first kappa shape index (κ1) is 29.1. The lowest BCUT2D eigenvalue weighted by Gasteiger charge is -2.41. The molecule has 37 heavy (non-hydrogen) atoms. The quantitative estimate of drug-likeness (QED) is 0.215. The Hall–Kier alpha value is -2.42. The third kappa shape index (κ3) is 6.53. The van der Waals surface area contributed by atoms with Gasteiger partial charge in [0.15, 0.2) is 8.32 Å². The minimum atomic E-state index is -2.41. The lowest BCUT2D eigenvalue weighted by Crippen LogP contribution is -2.43. The molecule has 0 bridgehead atoms. The van der Waals surface area contributed by atoms with E-state index in [1.54, 1.807) is 6.20 Å². The fraction of sp³-hybridized carbons (Fsp3) is 0.448. The third-order valence-electron chi connectivity index (χ3n) is 6.84. The van der Waals surface area contributed by atoms with Crippen LogP contribution in [0.4, 0.5) is 4.79 Å². The molecule has 0 saturated heterocycles. The monoisotopic (exact) mass is 587 g/mol. The van der Waals surface area contributed by atoms with Crippen molar-refractivity contribution in [2.45, 2.75) is 77.3 Å². The Kier molecular flexibility index (Phi) is 8.46. The summed E-state index contributed by atoms with van der Waals surface area (Å²) in [5.74, 6) is -1.14. The number of benzene rings is 2. The number of rotatable bonds is 6. The molecule has 0 radical (unpaired) electrons. The molecule has 0 saturated carbocycles. The number of hydrogen-bond acceptors (Lipinski definition) is 5. The minimum absolute atomic E-state index is 0.118. The average Bonchev–Trinajstić information content (AvgIpc) is 3.16. The Morgan fingerprint density at radius 1 is 0.973 bits per heavy atom. The molecular weight excluding hydrogens is 550 g/mol. The molecule has 3 rings (SSSR count). The highest BCUT2D eigenvalue weighted by Crippen LogP contribution is 2.46. The average molecular weight is 589 g/mol. The molecule has 0 aliphatic carbocycles. The van der Waals surface area contributed by atoms with E-state index >= 15 is 0 Å². The van der Waals surface area contributed by atoms with Crippen molar-refractivity contribution in [3.63, 3.8) is 0 Å². The number of ether oxygens (including phenoxy) is 2. The molecule has 0 spiro atoms. The second-order valence-corrected chi connectivity index (χ2v) is 17.5. The van der Waals surface area contributed by atoms with Gasteiger partial charge >= 0.3 is 12.1 Å². The van der Waals surface area contributed by atoms with Crippen molar-refractivity contribution in [3.8, 4) is 0 Å². The van der Waals surface area contributed by atoms with Crippen molar-refractivity contribution in [2.75, 3.05) is 7.11 Å². The summed E-state index contributed by atoms with van der Waals surface area (Å²) >= 11 is 3.58. The Balaban J connectivity index is 2.33. The number of fused-ring (bicyclic) bond motifs is 1. The highest BCUT2D eigenvalue weighted by atomic mass is 79.9. The largest absolute Gasteiger partial charge is 0.468 e. The van der Waals surface area contributed by atoms with Gasteiger partial charge in [0.25, 0.3) is 0 Å². The molecule has 200 valence electrons. The van der Waals surface area contributed by atoms with Gasteiger partial charge in [-0.1, -0.05) is 67.0 Å². The van der Waals surface area contributed by atoms with Crippen molar-refractivity contribution in [1.29, 1.82) is 0 Å². The Labute approximate surface area is 229 Å². The van der Waals surface area contributed by atoms with Crippen LogP contribution in [-0.2, 0) is 18.7 Å². The number of hydrogen-bond donors (Lipinski definition) is 0. The summed E-state index contributed by atoms with van der Waals surface area (Å²) in [6.07, 6.45) is 0.560. The number of aromatic nitrogens is 1. The molecule has 2 atom stereocenters. The van der Waals surface area contributed by atoms with Gasteiger partial charge in [0.05, 0.1) is 18.7 Å². The van der Waals surface area contributed by atoms with Crippen molar-refractivity contribution in [1.82, 2.24) is 4.57 Å². The summed E-state index contributed by atoms with van der Waals surface area (Å²) in [4.78, 5) is 26.7. The van der Waals surface area contributed by atoms with Gasteiger partial charge < -0.3 is 13.9 Å². The van der Waals surface area contributed by atoms with Crippen molar-refractivity contribution in [2.24, 2.45) is 0 Å². The zero-order valence-corrected chi connectivity index (χ0v) is 25.8. The van der Waals surface area contributed by atoms with Gasteiger partial charge in [0.1, 0.15) is 11.5 Å². The number of halogens is 1. The number of nitrogens with zero attached hydrogens (tertiary/aromatic N) is 1. The Morgan fingerprint density at radius 2 is 1.59 bits per heavy atom. The van der Waals surface area contributed by atoms with Gasteiger partial charge in [0, 0.05) is 21.6 Å². The second kappa shape index (κ2) is 10.7. The smallest absolute Gasteiger partial charge is 0.419 e. The van der Waals surface area contributed by atoms with Crippen LogP contribution in [0, 0.1) is 0 Å². The number of methoxy groups -OCH3 is 1. The highest BCUT2D eigenvalue weighted by Gasteiger charge is 2.44. The van der Waals surface area contributed by atoms with Gasteiger partial charge in [-0.15, -0.1) is 0 Å². The summed E-state index contributed by atoms with van der Waals surface area (Å²) in [5, 5.41) is 0.681. The van der Waals surface area contributed by atoms with E-state index < -0.39 is 38.0 Å². The zero-order chi connectivity index (χ0) is 27.8. The highest BCUT2D eigenvalue weighted by molar-refractivity contribution is 9.10. The molecule has 0 unspecified atom stereocenters. The van der Waals surface area contributed by atoms with Crippen LogP contribution in [0.3, 0.4) is 0 Å². The van der Waals surface area contributed by atoms with Crippen molar-refractivity contribution in [3.05, 3.63) is 70.3 Å². The van der Waals surface area contributed by atoms with E-state index in [-0.39, 0.29) is 5.04 Å². The third-order valence-corrected chi connectivity index (χ3v) is 11.8. The topological polar surface area (TPSA) is 66.8 Å². The Bertz CT molecular complexity index is 1270. The van der Waals surface area contributed by atoms with E-state index in [0.717, 1.165) is 21.0 Å². The van der Waals surface area contributed by atoms with Gasteiger partial charge in [-0.25, -0.2) is 4.79 Å². The standard InChI is InChI=1S/C29H38BrNO5Si/c1-28(2,3)35-27(33)31-18-22(21-17-20(30)15-16-23(21)31)25(36-37(8,9)29(4,5)6)24(26(32)34-7)19-13-11-10-12-14-19/h10-18,24-25H,1-9H3/t24-,25+/m1/s1. The zero-order valence-electron chi connectivity index (χ0n) is 23.2. The molecule has 0 N–H and O–H groups in total. The predicted octanol–water partition coefficient (Wildman–Crippen LogP) is 8.21. The molecule has 8 heteroatoms. The summed E-state index contributed by atoms with van der Waals surface area (Å²) in [5.41, 5.74) is 1.52. The van der Waals surface area contributed by atoms with Crippen LogP contribution in [0.25, 0.3) is 10.9 Å². The maximum absolute atomic E-state index is 13.4. The lowest BCUT2D eigenvalue weighted by molar-refractivity contribution is -0.145. The molecule has 0 amide bonds. The first-order chi connectivity index (χ1) is 17.1. The fourth-order valence-electron chi connectivity index (χ4n) is 3.94. The van der Waals surface area contributed by atoms with Crippen LogP contribution in [0.1, 0.15) is 64.7 Å². The van der Waals surface area contributed by atoms with E-state index in [9.17, 15) is 9.59 Å². The van der Waals surface area contributed by atoms with E-state index in [1.165, 1.54) is 11.7 Å². The fourth-order valence-corrected chi connectivity index (χ4v) is 5.56. The molecular formula is C29H38BrNO5Si. The molecule has 3 aromatic rings. The van der Waals surface area contributed by atoms with Gasteiger partial charge in [-0.05, 0) is 62.7 Å². The first-order valence-electron chi connectivity index (χ1n) is 12.4. The van der Waals surface area contributed by atoms with E-state index in [0.29, 0.717) is 5.52 Å². The van der Waals surface area contributed by atoms with Crippen LogP contribution in [-0.4, -0.2) is 37.7 Å². The van der Waals surface area contributed by atoms with E-state index in [1.807, 2.05) is 69.3 Å². The van der Waals surface area contributed by atoms with Crippen LogP contribution >= 0.6 is 15.9 Å². The number of carbonyl (C=O) groups excluding carboxylic acids is 2. The lowest BCUT2D eigenvalue weighted by atomic mass is 9.89. The van der Waals surface area contributed by atoms with Crippen molar-refractivity contribution >= 4 is 47.2 Å². The van der Waals surface area contributed by atoms with Crippen LogP contribution in [0.2, 0.25) is 18.1 Å². The summed E-state index contributed by atoms with van der Waals surface area (Å²) in [6.45, 7) is 16.3. The molecule has 1 heterocycles. The SMILES string of the molecule is COC(=O)[C@H](c1ccccc1)[C@@H](O[Si](C)(C)C(C)(C)C)c1cn(C(=O)OC(C)(C)C)c2ccc(Br)cc12. The molecule has 1 aromatic heterocycles. The first-order valence-corrected chi connectivity index (χ1v) is 16.1. The van der Waals surface area contributed by atoms with E-state index in [2.05, 4.69) is 49.8 Å². The Morgan fingerprint density at radius 3 is 2.14 bits per heavy atom. The minimum Gasteiger partial charge on any atom is -0.468 e. The van der Waals surface area contributed by atoms with Gasteiger partial charge in [-0.3, -0.25) is 9.36 Å². The van der Waals surface area contributed by atoms with E-state index in [4.69, 9.17) is 13.9 Å².